The Morgan fingerprint density at radius 1 is 1.41 bits per heavy atom. The third kappa shape index (κ3) is 3.59. The molecule has 1 aromatic rings. The summed E-state index contributed by atoms with van der Waals surface area (Å²) in [4.78, 5) is 22.8. The maximum Gasteiger partial charge on any atom is 0.326 e. The Hall–Kier alpha value is -1.30. The summed E-state index contributed by atoms with van der Waals surface area (Å²) in [7, 11) is 0. The lowest BCUT2D eigenvalue weighted by Crippen LogP contribution is -2.49. The van der Waals surface area contributed by atoms with Gasteiger partial charge in [-0.1, -0.05) is 20.8 Å². The Kier molecular flexibility index (Phi) is 3.98. The van der Waals surface area contributed by atoms with E-state index in [0.29, 0.717) is 4.67 Å². The normalized spacial score (nSPS) is 13.2. The molecule has 6 heteroatoms. The van der Waals surface area contributed by atoms with E-state index >= 15 is 0 Å². The van der Waals surface area contributed by atoms with Gasteiger partial charge < -0.3 is 14.8 Å². The molecule has 0 aliphatic rings. The van der Waals surface area contributed by atoms with Gasteiger partial charge in [0, 0.05) is 0 Å². The number of carboxylic acid groups (broad SMARTS) is 1. The second-order valence-electron chi connectivity index (χ2n) is 4.71. The smallest absolute Gasteiger partial charge is 0.326 e. The number of carbonyl (C=O) groups is 2. The molecule has 0 spiro atoms. The van der Waals surface area contributed by atoms with Gasteiger partial charge in [0.05, 0.1) is 0 Å². The first-order valence-electron chi connectivity index (χ1n) is 5.01. The third-order valence-corrected chi connectivity index (χ3v) is 2.61. The molecule has 0 radical (unpaired) electrons. The number of rotatable bonds is 3. The van der Waals surface area contributed by atoms with Crippen LogP contribution in [0.15, 0.2) is 21.2 Å². The quantitative estimate of drug-likeness (QED) is 0.898. The highest BCUT2D eigenvalue weighted by molar-refractivity contribution is 9.10. The van der Waals surface area contributed by atoms with Crippen molar-refractivity contribution < 1.29 is 19.1 Å². The molecule has 17 heavy (non-hydrogen) atoms. The van der Waals surface area contributed by atoms with Crippen LogP contribution in [-0.4, -0.2) is 23.0 Å². The lowest BCUT2D eigenvalue weighted by molar-refractivity contribution is -0.142. The molecule has 5 nitrogen and oxygen atoms in total. The molecule has 0 bridgehead atoms. The van der Waals surface area contributed by atoms with Crippen LogP contribution in [0.4, 0.5) is 0 Å². The molecule has 0 aliphatic carbocycles. The molecule has 1 atom stereocenters. The van der Waals surface area contributed by atoms with Crippen LogP contribution in [0.2, 0.25) is 0 Å². The SMILES string of the molecule is CC(C)(C)[C@@H](NC(=O)c1ccc(Br)o1)C(=O)O. The zero-order chi connectivity index (χ0) is 13.2. The summed E-state index contributed by atoms with van der Waals surface area (Å²) >= 11 is 3.07. The molecule has 1 rings (SSSR count). The number of hydrogen-bond donors (Lipinski definition) is 2. The van der Waals surface area contributed by atoms with Crippen molar-refractivity contribution in [3.05, 3.63) is 22.6 Å². The second kappa shape index (κ2) is 4.91. The Morgan fingerprint density at radius 3 is 2.35 bits per heavy atom. The second-order valence-corrected chi connectivity index (χ2v) is 5.50. The number of carbonyl (C=O) groups excluding carboxylic acids is 1. The van der Waals surface area contributed by atoms with Gasteiger partial charge in [-0.2, -0.15) is 0 Å². The van der Waals surface area contributed by atoms with Crippen molar-refractivity contribution >= 4 is 27.8 Å². The third-order valence-electron chi connectivity index (χ3n) is 2.19. The van der Waals surface area contributed by atoms with E-state index < -0.39 is 23.3 Å². The lowest BCUT2D eigenvalue weighted by atomic mass is 9.87. The molecule has 0 fully saturated rings. The van der Waals surface area contributed by atoms with E-state index in [1.165, 1.54) is 6.07 Å². The van der Waals surface area contributed by atoms with Crippen LogP contribution < -0.4 is 5.32 Å². The van der Waals surface area contributed by atoms with E-state index in [0.717, 1.165) is 0 Å². The van der Waals surface area contributed by atoms with Gasteiger partial charge in [-0.3, -0.25) is 4.79 Å². The average Bonchev–Trinajstić information content (AvgIpc) is 2.58. The van der Waals surface area contributed by atoms with E-state index in [1.54, 1.807) is 26.8 Å². The molecule has 1 heterocycles. The summed E-state index contributed by atoms with van der Waals surface area (Å²) in [5.74, 6) is -1.54. The molecule has 1 aromatic heterocycles. The van der Waals surface area contributed by atoms with E-state index in [1.807, 2.05) is 0 Å². The average molecular weight is 304 g/mol. The summed E-state index contributed by atoms with van der Waals surface area (Å²) in [6.07, 6.45) is 0. The zero-order valence-corrected chi connectivity index (χ0v) is 11.4. The molecule has 0 aliphatic heterocycles. The van der Waals surface area contributed by atoms with Gasteiger partial charge in [0.1, 0.15) is 6.04 Å². The molecule has 0 saturated carbocycles. The summed E-state index contributed by atoms with van der Waals surface area (Å²) < 4.78 is 5.47. The first-order chi connectivity index (χ1) is 7.71. The van der Waals surface area contributed by atoms with E-state index in [4.69, 9.17) is 9.52 Å². The topological polar surface area (TPSA) is 79.5 Å². The monoisotopic (exact) mass is 303 g/mol. The highest BCUT2D eigenvalue weighted by atomic mass is 79.9. The van der Waals surface area contributed by atoms with Crippen LogP contribution in [0.1, 0.15) is 31.3 Å². The minimum Gasteiger partial charge on any atom is -0.480 e. The molecule has 0 saturated heterocycles. The van der Waals surface area contributed by atoms with Gasteiger partial charge in [-0.15, -0.1) is 0 Å². The summed E-state index contributed by atoms with van der Waals surface area (Å²) in [5.41, 5.74) is -0.578. The van der Waals surface area contributed by atoms with Crippen LogP contribution >= 0.6 is 15.9 Å². The van der Waals surface area contributed by atoms with Gasteiger partial charge in [0.25, 0.3) is 5.91 Å². The number of carboxylic acids is 1. The number of furan rings is 1. The zero-order valence-electron chi connectivity index (χ0n) is 9.78. The molecule has 1 amide bonds. The fourth-order valence-corrected chi connectivity index (χ4v) is 1.59. The highest BCUT2D eigenvalue weighted by Crippen LogP contribution is 2.20. The van der Waals surface area contributed by atoms with Crippen molar-refractivity contribution in [3.8, 4) is 0 Å². The number of hydrogen-bond acceptors (Lipinski definition) is 3. The molecular weight excluding hydrogens is 290 g/mol. The van der Waals surface area contributed by atoms with Crippen LogP contribution in [-0.2, 0) is 4.79 Å². The standard InChI is InChI=1S/C11H14BrNO4/c1-11(2,3)8(10(15)16)13-9(14)6-4-5-7(12)17-6/h4-5,8H,1-3H3,(H,13,14)(H,15,16)/t8-/m0/s1. The highest BCUT2D eigenvalue weighted by Gasteiger charge is 2.33. The summed E-state index contributed by atoms with van der Waals surface area (Å²) in [6, 6.07) is 2.07. The fourth-order valence-electron chi connectivity index (χ4n) is 1.29. The molecular formula is C11H14BrNO4. The number of aliphatic carboxylic acids is 1. The number of halogens is 1. The van der Waals surface area contributed by atoms with Gasteiger partial charge in [-0.05, 0) is 33.5 Å². The maximum absolute atomic E-state index is 11.7. The summed E-state index contributed by atoms with van der Waals surface area (Å²) in [5, 5.41) is 11.5. The van der Waals surface area contributed by atoms with E-state index in [-0.39, 0.29) is 5.76 Å². The van der Waals surface area contributed by atoms with Crippen molar-refractivity contribution in [2.45, 2.75) is 26.8 Å². The molecule has 0 aromatic carbocycles. The van der Waals surface area contributed by atoms with Crippen LogP contribution in [0.25, 0.3) is 0 Å². The van der Waals surface area contributed by atoms with Crippen molar-refractivity contribution in [1.82, 2.24) is 5.32 Å². The minimum absolute atomic E-state index is 0.0763. The van der Waals surface area contributed by atoms with Crippen LogP contribution in [0.3, 0.4) is 0 Å². The predicted octanol–water partition coefficient (Wildman–Crippen LogP) is 2.27. The fraction of sp³-hybridized carbons (Fsp3) is 0.455. The Balaban J connectivity index is 2.82. The van der Waals surface area contributed by atoms with E-state index in [9.17, 15) is 9.59 Å². The number of nitrogens with one attached hydrogen (secondary N) is 1. The van der Waals surface area contributed by atoms with Gasteiger partial charge >= 0.3 is 5.97 Å². The Labute approximate surface area is 107 Å². The Bertz CT molecular complexity index is 433. The van der Waals surface area contributed by atoms with E-state index in [2.05, 4.69) is 21.2 Å². The van der Waals surface area contributed by atoms with Crippen molar-refractivity contribution in [3.63, 3.8) is 0 Å². The summed E-state index contributed by atoms with van der Waals surface area (Å²) in [6.45, 7) is 5.22. The predicted molar refractivity (Wildman–Crippen MR) is 64.8 cm³/mol. The lowest BCUT2D eigenvalue weighted by Gasteiger charge is -2.27. The minimum atomic E-state index is -1.07. The first-order valence-corrected chi connectivity index (χ1v) is 5.80. The maximum atomic E-state index is 11.7. The Morgan fingerprint density at radius 2 is 2.00 bits per heavy atom. The van der Waals surface area contributed by atoms with Crippen LogP contribution in [0.5, 0.6) is 0 Å². The molecule has 0 unspecified atom stereocenters. The van der Waals surface area contributed by atoms with Crippen molar-refractivity contribution in [2.75, 3.05) is 0 Å². The van der Waals surface area contributed by atoms with Gasteiger partial charge in [0.15, 0.2) is 10.4 Å². The van der Waals surface area contributed by atoms with Crippen molar-refractivity contribution in [2.24, 2.45) is 5.41 Å². The van der Waals surface area contributed by atoms with Crippen LogP contribution in [0, 0.1) is 5.41 Å². The molecule has 94 valence electrons. The number of amides is 1. The van der Waals surface area contributed by atoms with Gasteiger partial charge in [-0.25, -0.2) is 4.79 Å². The first kappa shape index (κ1) is 13.8. The van der Waals surface area contributed by atoms with Crippen molar-refractivity contribution in [1.29, 1.82) is 0 Å². The largest absolute Gasteiger partial charge is 0.480 e. The van der Waals surface area contributed by atoms with Gasteiger partial charge in [0.2, 0.25) is 0 Å². The molecule has 2 N–H and O–H groups in total.